The Balaban J connectivity index is 3.10. The predicted octanol–water partition coefficient (Wildman–Crippen LogP) is 0.781. The molecule has 0 fully saturated rings. The largest absolute Gasteiger partial charge is 0.302 e. The third kappa shape index (κ3) is 2.87. The second-order valence-electron chi connectivity index (χ2n) is 3.29. The van der Waals surface area contributed by atoms with Gasteiger partial charge in [0.2, 0.25) is 10.0 Å². The second-order valence-corrected chi connectivity index (χ2v) is 5.02. The number of nitrogens with one attached hydrogen (secondary N) is 1. The van der Waals surface area contributed by atoms with Crippen LogP contribution in [0.2, 0.25) is 0 Å². The van der Waals surface area contributed by atoms with E-state index in [9.17, 15) is 13.2 Å². The molecule has 0 amide bonds. The van der Waals surface area contributed by atoms with Crippen LogP contribution in [0.5, 0.6) is 0 Å². The number of rotatable bonds is 4. The predicted molar refractivity (Wildman–Crippen MR) is 57.2 cm³/mol. The van der Waals surface area contributed by atoms with Crippen molar-refractivity contribution in [1.82, 2.24) is 4.72 Å². The van der Waals surface area contributed by atoms with E-state index in [0.717, 1.165) is 5.56 Å². The third-order valence-electron chi connectivity index (χ3n) is 1.98. The fraction of sp³-hybridized carbons (Fsp3) is 0.300. The van der Waals surface area contributed by atoms with Crippen molar-refractivity contribution in [3.63, 3.8) is 0 Å². The van der Waals surface area contributed by atoms with Crippen LogP contribution in [0.15, 0.2) is 23.1 Å². The second kappa shape index (κ2) is 4.55. The highest BCUT2D eigenvalue weighted by Gasteiger charge is 2.15. The molecule has 0 aliphatic rings. The molecule has 5 heteroatoms. The van der Waals surface area contributed by atoms with E-state index in [1.165, 1.54) is 6.07 Å². The molecular formula is C10H13NO3S. The minimum atomic E-state index is -3.55. The average Bonchev–Trinajstić information content (AvgIpc) is 2.14. The molecule has 0 aliphatic carbocycles. The summed E-state index contributed by atoms with van der Waals surface area (Å²) in [6, 6.07) is 5.05. The smallest absolute Gasteiger partial charge is 0.241 e. The maximum atomic E-state index is 11.7. The van der Waals surface area contributed by atoms with Gasteiger partial charge in [0.1, 0.15) is 6.29 Å². The van der Waals surface area contributed by atoms with Crippen molar-refractivity contribution in [3.8, 4) is 0 Å². The van der Waals surface area contributed by atoms with Crippen molar-refractivity contribution in [2.45, 2.75) is 18.7 Å². The van der Waals surface area contributed by atoms with Crippen LogP contribution in [0.1, 0.15) is 11.1 Å². The van der Waals surface area contributed by atoms with Gasteiger partial charge in [-0.25, -0.2) is 13.1 Å². The van der Waals surface area contributed by atoms with Crippen LogP contribution in [0.4, 0.5) is 0 Å². The molecule has 1 rings (SSSR count). The Morgan fingerprint density at radius 1 is 1.33 bits per heavy atom. The topological polar surface area (TPSA) is 63.2 Å². The van der Waals surface area contributed by atoms with Crippen molar-refractivity contribution in [2.75, 3.05) is 6.54 Å². The van der Waals surface area contributed by atoms with Gasteiger partial charge in [-0.2, -0.15) is 0 Å². The summed E-state index contributed by atoms with van der Waals surface area (Å²) in [5, 5.41) is 0. The zero-order chi connectivity index (χ0) is 11.5. The molecule has 0 saturated carbocycles. The number of sulfonamides is 1. The molecule has 0 atom stereocenters. The van der Waals surface area contributed by atoms with E-state index in [2.05, 4.69) is 4.72 Å². The molecule has 0 saturated heterocycles. The van der Waals surface area contributed by atoms with Gasteiger partial charge >= 0.3 is 0 Å². The van der Waals surface area contributed by atoms with Gasteiger partial charge in [-0.15, -0.1) is 0 Å². The number of hydrogen-bond acceptors (Lipinski definition) is 3. The first-order valence-electron chi connectivity index (χ1n) is 4.48. The first-order chi connectivity index (χ1) is 6.97. The number of hydrogen-bond donors (Lipinski definition) is 1. The molecule has 0 heterocycles. The van der Waals surface area contributed by atoms with Gasteiger partial charge in [0.05, 0.1) is 11.4 Å². The summed E-state index contributed by atoms with van der Waals surface area (Å²) in [5.41, 5.74) is 1.68. The van der Waals surface area contributed by atoms with Gasteiger partial charge in [0, 0.05) is 0 Å². The summed E-state index contributed by atoms with van der Waals surface area (Å²) in [6.45, 7) is 3.42. The molecule has 4 nitrogen and oxygen atoms in total. The normalized spacial score (nSPS) is 11.3. The summed E-state index contributed by atoms with van der Waals surface area (Å²) in [4.78, 5) is 10.3. The Labute approximate surface area is 89.4 Å². The Bertz CT molecular complexity index is 466. The maximum Gasteiger partial charge on any atom is 0.241 e. The van der Waals surface area contributed by atoms with Crippen molar-refractivity contribution >= 4 is 16.3 Å². The van der Waals surface area contributed by atoms with E-state index in [1.54, 1.807) is 19.1 Å². The fourth-order valence-electron chi connectivity index (χ4n) is 1.32. The standard InChI is InChI=1S/C10H13NO3S/c1-8-3-4-10(9(2)7-8)15(13,14)11-5-6-12/h3-4,6-7,11H,5H2,1-2H3. The van der Waals surface area contributed by atoms with E-state index in [4.69, 9.17) is 0 Å². The maximum absolute atomic E-state index is 11.7. The Morgan fingerprint density at radius 2 is 2.00 bits per heavy atom. The number of carbonyl (C=O) groups excluding carboxylic acids is 1. The molecule has 82 valence electrons. The lowest BCUT2D eigenvalue weighted by molar-refractivity contribution is -0.106. The van der Waals surface area contributed by atoms with E-state index >= 15 is 0 Å². The number of carbonyl (C=O) groups is 1. The third-order valence-corrected chi connectivity index (χ3v) is 3.56. The van der Waals surface area contributed by atoms with E-state index < -0.39 is 10.0 Å². The SMILES string of the molecule is Cc1ccc(S(=O)(=O)NCC=O)c(C)c1. The van der Waals surface area contributed by atoms with Crippen LogP contribution < -0.4 is 4.72 Å². The summed E-state index contributed by atoms with van der Waals surface area (Å²) in [7, 11) is -3.55. The van der Waals surface area contributed by atoms with E-state index in [0.29, 0.717) is 11.8 Å². The van der Waals surface area contributed by atoms with Crippen molar-refractivity contribution in [3.05, 3.63) is 29.3 Å². The first kappa shape index (κ1) is 11.9. The number of benzene rings is 1. The molecule has 1 N–H and O–H groups in total. The molecule has 0 radical (unpaired) electrons. The Kier molecular flexibility index (Phi) is 3.60. The lowest BCUT2D eigenvalue weighted by Gasteiger charge is -2.07. The molecular weight excluding hydrogens is 214 g/mol. The summed E-state index contributed by atoms with van der Waals surface area (Å²) in [6.07, 6.45) is 0.515. The molecule has 0 spiro atoms. The average molecular weight is 227 g/mol. The minimum absolute atomic E-state index is 0.199. The number of aldehydes is 1. The zero-order valence-electron chi connectivity index (χ0n) is 8.65. The Morgan fingerprint density at radius 3 is 2.53 bits per heavy atom. The summed E-state index contributed by atoms with van der Waals surface area (Å²) >= 11 is 0. The van der Waals surface area contributed by atoms with Crippen molar-refractivity contribution < 1.29 is 13.2 Å². The van der Waals surface area contributed by atoms with E-state index in [-0.39, 0.29) is 11.4 Å². The zero-order valence-corrected chi connectivity index (χ0v) is 9.47. The highest BCUT2D eigenvalue weighted by atomic mass is 32.2. The van der Waals surface area contributed by atoms with Crippen molar-refractivity contribution in [2.24, 2.45) is 0 Å². The number of aryl methyl sites for hydroxylation is 2. The molecule has 0 aromatic heterocycles. The van der Waals surface area contributed by atoms with Crippen LogP contribution in [0.25, 0.3) is 0 Å². The molecule has 0 bridgehead atoms. The monoisotopic (exact) mass is 227 g/mol. The van der Waals surface area contributed by atoms with Crippen LogP contribution in [0.3, 0.4) is 0 Å². The Hall–Kier alpha value is -1.20. The van der Waals surface area contributed by atoms with Crippen molar-refractivity contribution in [1.29, 1.82) is 0 Å². The van der Waals surface area contributed by atoms with Gasteiger partial charge in [0.15, 0.2) is 0 Å². The van der Waals surface area contributed by atoms with Crippen LogP contribution in [-0.2, 0) is 14.8 Å². The molecule has 0 unspecified atom stereocenters. The summed E-state index contributed by atoms with van der Waals surface area (Å²) in [5.74, 6) is 0. The quantitative estimate of drug-likeness (QED) is 0.773. The van der Waals surface area contributed by atoms with Gasteiger partial charge in [0.25, 0.3) is 0 Å². The van der Waals surface area contributed by atoms with Crippen LogP contribution >= 0.6 is 0 Å². The molecule has 1 aromatic rings. The van der Waals surface area contributed by atoms with E-state index in [1.807, 2.05) is 6.92 Å². The van der Waals surface area contributed by atoms with Crippen LogP contribution in [-0.4, -0.2) is 21.2 Å². The summed E-state index contributed by atoms with van der Waals surface area (Å²) < 4.78 is 25.5. The van der Waals surface area contributed by atoms with Gasteiger partial charge in [-0.1, -0.05) is 17.7 Å². The lowest BCUT2D eigenvalue weighted by Crippen LogP contribution is -2.26. The molecule has 0 aliphatic heterocycles. The highest BCUT2D eigenvalue weighted by Crippen LogP contribution is 2.15. The molecule has 15 heavy (non-hydrogen) atoms. The van der Waals surface area contributed by atoms with Gasteiger partial charge in [-0.3, -0.25) is 0 Å². The van der Waals surface area contributed by atoms with Gasteiger partial charge in [-0.05, 0) is 25.5 Å². The lowest BCUT2D eigenvalue weighted by atomic mass is 10.2. The van der Waals surface area contributed by atoms with Crippen LogP contribution in [0, 0.1) is 13.8 Å². The molecule has 1 aromatic carbocycles. The fourth-order valence-corrected chi connectivity index (χ4v) is 2.50. The first-order valence-corrected chi connectivity index (χ1v) is 5.96. The highest BCUT2D eigenvalue weighted by molar-refractivity contribution is 7.89. The minimum Gasteiger partial charge on any atom is -0.302 e. The van der Waals surface area contributed by atoms with Gasteiger partial charge < -0.3 is 4.79 Å².